The number of aliphatic hydroxyl groups is 2. The fourth-order valence-corrected chi connectivity index (χ4v) is 10.1. The van der Waals surface area contributed by atoms with Gasteiger partial charge in [-0.15, -0.1) is 0 Å². The van der Waals surface area contributed by atoms with Gasteiger partial charge in [0.25, 0.3) is 0 Å². The third kappa shape index (κ3) is 3.46. The molecule has 1 heterocycles. The molecular formula is C27H36O7S. The number of allylic oxidation sites excluding steroid dienone is 1. The van der Waals surface area contributed by atoms with E-state index in [1.54, 1.807) is 13.8 Å². The highest BCUT2D eigenvalue weighted by molar-refractivity contribution is 8.14. The van der Waals surface area contributed by atoms with Crippen LogP contribution in [-0.4, -0.2) is 55.4 Å². The smallest absolute Gasteiger partial charge is 0.309 e. The molecule has 0 amide bonds. The minimum absolute atomic E-state index is 0.00523. The van der Waals surface area contributed by atoms with Crippen LogP contribution in [0.4, 0.5) is 0 Å². The van der Waals surface area contributed by atoms with Gasteiger partial charge in [-0.25, -0.2) is 0 Å². The molecule has 3 saturated carbocycles. The van der Waals surface area contributed by atoms with Gasteiger partial charge in [-0.05, 0) is 74.7 Å². The first-order chi connectivity index (χ1) is 16.5. The quantitative estimate of drug-likeness (QED) is 0.563. The summed E-state index contributed by atoms with van der Waals surface area (Å²) in [6, 6.07) is 0. The van der Waals surface area contributed by atoms with E-state index in [1.165, 1.54) is 17.3 Å². The molecule has 1 aliphatic heterocycles. The molecule has 5 aliphatic rings. The number of thioether (sulfide) groups is 1. The Morgan fingerprint density at radius 3 is 2.60 bits per heavy atom. The fraction of sp³-hybridized carbons (Fsp3) is 0.778. The Morgan fingerprint density at radius 1 is 1.17 bits per heavy atom. The fourth-order valence-electron chi connectivity index (χ4n) is 8.81. The molecule has 0 aromatic rings. The molecule has 4 aliphatic carbocycles. The Morgan fingerprint density at radius 2 is 1.91 bits per heavy atom. The summed E-state index contributed by atoms with van der Waals surface area (Å²) in [5.41, 5.74) is -2.90. The number of ketones is 2. The van der Waals surface area contributed by atoms with E-state index in [1.807, 2.05) is 13.0 Å². The van der Waals surface area contributed by atoms with Gasteiger partial charge in [-0.2, -0.15) is 0 Å². The maximum Gasteiger partial charge on any atom is 0.309 e. The highest BCUT2D eigenvalue weighted by Crippen LogP contribution is 2.69. The molecular weight excluding hydrogens is 468 g/mol. The lowest BCUT2D eigenvalue weighted by molar-refractivity contribution is -0.244. The molecule has 35 heavy (non-hydrogen) atoms. The van der Waals surface area contributed by atoms with Crippen LogP contribution in [0, 0.1) is 29.1 Å². The Kier molecular flexibility index (Phi) is 6.12. The Balaban J connectivity index is 1.56. The van der Waals surface area contributed by atoms with Crippen LogP contribution < -0.4 is 0 Å². The topological polar surface area (TPSA) is 118 Å². The van der Waals surface area contributed by atoms with E-state index >= 15 is 0 Å². The summed E-state index contributed by atoms with van der Waals surface area (Å²) < 4.78 is 5.73. The largest absolute Gasteiger partial charge is 0.448 e. The van der Waals surface area contributed by atoms with Crippen molar-refractivity contribution >= 4 is 34.4 Å². The highest BCUT2D eigenvalue weighted by Gasteiger charge is 2.74. The normalized spacial score (nSPS) is 47.3. The van der Waals surface area contributed by atoms with Crippen LogP contribution >= 0.6 is 11.8 Å². The van der Waals surface area contributed by atoms with Crippen LogP contribution in [0.3, 0.4) is 0 Å². The first-order valence-electron chi connectivity index (χ1n) is 13.0. The molecule has 0 spiro atoms. The zero-order valence-electron chi connectivity index (χ0n) is 20.7. The predicted molar refractivity (Wildman–Crippen MR) is 129 cm³/mol. The van der Waals surface area contributed by atoms with Crippen LogP contribution in [0.5, 0.6) is 0 Å². The second-order valence-electron chi connectivity index (χ2n) is 11.6. The van der Waals surface area contributed by atoms with Gasteiger partial charge in [0.05, 0.1) is 6.42 Å². The van der Waals surface area contributed by atoms with Gasteiger partial charge in [0.15, 0.2) is 10.9 Å². The molecule has 4 fully saturated rings. The Hall–Kier alpha value is -1.51. The molecule has 7 nitrogen and oxygen atoms in total. The van der Waals surface area contributed by atoms with Crippen LogP contribution in [0.1, 0.15) is 78.6 Å². The van der Waals surface area contributed by atoms with Crippen molar-refractivity contribution in [3.8, 4) is 0 Å². The maximum absolute atomic E-state index is 13.4. The lowest BCUT2D eigenvalue weighted by Gasteiger charge is -2.60. The molecule has 0 bridgehead atoms. The van der Waals surface area contributed by atoms with Gasteiger partial charge >= 0.3 is 5.97 Å². The van der Waals surface area contributed by atoms with Gasteiger partial charge in [-0.3, -0.25) is 19.2 Å². The number of aliphatic hydroxyl groups excluding tert-OH is 1. The number of cyclic esters (lactones) is 1. The molecule has 1 saturated heterocycles. The monoisotopic (exact) mass is 504 g/mol. The molecule has 8 heteroatoms. The molecule has 5 rings (SSSR count). The summed E-state index contributed by atoms with van der Waals surface area (Å²) in [5, 5.41) is 22.9. The summed E-state index contributed by atoms with van der Waals surface area (Å²) in [4.78, 5) is 50.2. The van der Waals surface area contributed by atoms with Crippen molar-refractivity contribution in [1.82, 2.24) is 0 Å². The van der Waals surface area contributed by atoms with E-state index in [2.05, 4.69) is 0 Å². The second-order valence-corrected chi connectivity index (χ2v) is 13.0. The summed E-state index contributed by atoms with van der Waals surface area (Å²) in [6.07, 6.45) is 4.58. The van der Waals surface area contributed by atoms with E-state index in [9.17, 15) is 29.4 Å². The molecule has 0 radical (unpaired) electrons. The van der Waals surface area contributed by atoms with E-state index in [0.29, 0.717) is 43.9 Å². The summed E-state index contributed by atoms with van der Waals surface area (Å²) >= 11 is 1.34. The lowest BCUT2D eigenvalue weighted by Crippen LogP contribution is -2.71. The summed E-state index contributed by atoms with van der Waals surface area (Å²) in [6.45, 7) is 5.33. The maximum atomic E-state index is 13.4. The van der Waals surface area contributed by atoms with Crippen LogP contribution in [0.25, 0.3) is 0 Å². The average molecular weight is 505 g/mol. The van der Waals surface area contributed by atoms with Crippen molar-refractivity contribution < 1.29 is 34.1 Å². The van der Waals surface area contributed by atoms with Crippen LogP contribution in [0.2, 0.25) is 0 Å². The average Bonchev–Trinajstić information content (AvgIpc) is 3.07. The number of ether oxygens (including phenoxy) is 1. The van der Waals surface area contributed by atoms with Crippen LogP contribution in [-0.2, 0) is 23.9 Å². The molecule has 9 atom stereocenters. The van der Waals surface area contributed by atoms with E-state index in [0.717, 1.165) is 12.8 Å². The second kappa shape index (κ2) is 8.52. The highest BCUT2D eigenvalue weighted by atomic mass is 32.2. The van der Waals surface area contributed by atoms with E-state index in [-0.39, 0.29) is 40.8 Å². The number of esters is 1. The van der Waals surface area contributed by atoms with Gasteiger partial charge in [0.2, 0.25) is 11.4 Å². The first-order valence-corrected chi connectivity index (χ1v) is 13.9. The number of carbonyl (C=O) groups is 4. The summed E-state index contributed by atoms with van der Waals surface area (Å²) in [7, 11) is 0. The number of rotatable bonds is 3. The number of fused-ring (bicyclic) bond motifs is 5. The Bertz CT molecular complexity index is 1010. The number of Topliss-reactive ketones (excluding diaryl/α,β-unsaturated/α-hetero) is 1. The van der Waals surface area contributed by atoms with E-state index in [4.69, 9.17) is 4.74 Å². The third-order valence-corrected chi connectivity index (χ3v) is 11.4. The van der Waals surface area contributed by atoms with Crippen LogP contribution in [0.15, 0.2) is 11.6 Å². The molecule has 0 aromatic carbocycles. The molecule has 0 aromatic heterocycles. The molecule has 192 valence electrons. The molecule has 2 N–H and O–H groups in total. The van der Waals surface area contributed by atoms with Crippen molar-refractivity contribution in [2.45, 2.75) is 101 Å². The van der Waals surface area contributed by atoms with Gasteiger partial charge in [0, 0.05) is 24.0 Å². The Labute approximate surface area is 210 Å². The van der Waals surface area contributed by atoms with Crippen molar-refractivity contribution in [1.29, 1.82) is 0 Å². The zero-order valence-corrected chi connectivity index (χ0v) is 21.6. The lowest BCUT2D eigenvalue weighted by atomic mass is 9.48. The SMILES string of the molecule is CC[C@]1([C@]2(O)CC[C@H]3[C@H]4[C@H](CC[C@@]32C)[C@H]2CCC(=O)C=C2C[C@H]4SC(C)=O)OC(=O)CC(O)C1=O. The number of carbonyl (C=O) groups excluding carboxylic acids is 4. The number of hydrogen-bond acceptors (Lipinski definition) is 8. The minimum atomic E-state index is -1.77. The minimum Gasteiger partial charge on any atom is -0.448 e. The standard InChI is InChI=1S/C27H36O7S/c1-4-26(24(32)20(30)13-22(31)34-26)27(33)10-8-19-23-18(7-9-25(19,27)3)17-6-5-16(29)11-15(17)12-21(23)35-14(2)28/h11,17-21,23,30,33H,4-10,12-13H2,1-3H3/t17-,18+,19-,20?,21+,23+,25-,26-,27-/m0/s1. The molecule has 1 unspecified atom stereocenters. The van der Waals surface area contributed by atoms with Gasteiger partial charge in [-0.1, -0.05) is 31.2 Å². The van der Waals surface area contributed by atoms with Crippen molar-refractivity contribution in [3.63, 3.8) is 0 Å². The van der Waals surface area contributed by atoms with Crippen molar-refractivity contribution in [3.05, 3.63) is 11.6 Å². The number of hydrogen-bond donors (Lipinski definition) is 2. The first kappa shape index (κ1) is 25.2. The predicted octanol–water partition coefficient (Wildman–Crippen LogP) is 3.14. The zero-order chi connectivity index (χ0) is 25.3. The van der Waals surface area contributed by atoms with Crippen molar-refractivity contribution in [2.75, 3.05) is 0 Å². The summed E-state index contributed by atoms with van der Waals surface area (Å²) in [5.74, 6) is -0.267. The van der Waals surface area contributed by atoms with Gasteiger partial charge in [0.1, 0.15) is 11.7 Å². The third-order valence-electron chi connectivity index (χ3n) is 10.3. The van der Waals surface area contributed by atoms with Gasteiger partial charge < -0.3 is 14.9 Å². The van der Waals surface area contributed by atoms with Crippen molar-refractivity contribution in [2.24, 2.45) is 29.1 Å². The van der Waals surface area contributed by atoms with E-state index < -0.39 is 34.5 Å².